The van der Waals surface area contributed by atoms with E-state index < -0.39 is 8.60 Å². The van der Waals surface area contributed by atoms with Gasteiger partial charge in [0.15, 0.2) is 0 Å². The van der Waals surface area contributed by atoms with Crippen LogP contribution in [0.5, 0.6) is 11.5 Å². The Bertz CT molecular complexity index is 1110. The standard InChI is InChI=1S/C37H61O3P/c1-15-16-17-18-19-20-23-38-41(39-32-22-21-28(34(3,4)5)25-30(32)36(9,10)11)40-33-27(2)24-29(35(6,7)8)26-31(33)37(12,13)14/h21-22,24-26H,15-20,23H2,1-14H3. The predicted octanol–water partition coefficient (Wildman–Crippen LogP) is 12.2. The van der Waals surface area contributed by atoms with Crippen LogP contribution in [0.3, 0.4) is 0 Å². The minimum Gasteiger partial charge on any atom is -0.417 e. The first kappa shape index (κ1) is 35.6. The van der Waals surface area contributed by atoms with Gasteiger partial charge < -0.3 is 9.05 Å². The highest BCUT2D eigenvalue weighted by Gasteiger charge is 2.30. The summed E-state index contributed by atoms with van der Waals surface area (Å²) in [5, 5.41) is 0. The molecule has 3 nitrogen and oxygen atoms in total. The zero-order valence-corrected chi connectivity index (χ0v) is 29.9. The molecule has 1 unspecified atom stereocenters. The van der Waals surface area contributed by atoms with Crippen LogP contribution in [0.15, 0.2) is 30.3 Å². The fourth-order valence-corrected chi connectivity index (χ4v) is 5.93. The monoisotopic (exact) mass is 584 g/mol. The van der Waals surface area contributed by atoms with Crippen LogP contribution in [0.4, 0.5) is 0 Å². The Morgan fingerprint density at radius 2 is 1.12 bits per heavy atom. The van der Waals surface area contributed by atoms with E-state index in [0.717, 1.165) is 23.5 Å². The van der Waals surface area contributed by atoms with Crippen molar-refractivity contribution in [2.75, 3.05) is 6.61 Å². The molecule has 0 bridgehead atoms. The van der Waals surface area contributed by atoms with E-state index in [1.54, 1.807) is 0 Å². The molecule has 4 heteroatoms. The second-order valence-electron chi connectivity index (χ2n) is 15.9. The van der Waals surface area contributed by atoms with E-state index in [9.17, 15) is 0 Å². The first-order valence-corrected chi connectivity index (χ1v) is 16.9. The maximum Gasteiger partial charge on any atom is 0.463 e. The van der Waals surface area contributed by atoms with E-state index in [-0.39, 0.29) is 21.7 Å². The summed E-state index contributed by atoms with van der Waals surface area (Å²) in [4.78, 5) is 0. The SMILES string of the molecule is CCCCCCCCOP(Oc1ccc(C(C)(C)C)cc1C(C)(C)C)Oc1c(C)cc(C(C)(C)C)cc1C(C)(C)C. The zero-order chi connectivity index (χ0) is 31.2. The molecule has 2 rings (SSSR count). The molecule has 0 N–H and O–H groups in total. The molecule has 41 heavy (non-hydrogen) atoms. The summed E-state index contributed by atoms with van der Waals surface area (Å²) in [5.74, 6) is 1.74. The third-order valence-electron chi connectivity index (χ3n) is 7.64. The summed E-state index contributed by atoms with van der Waals surface area (Å²) >= 11 is 0. The van der Waals surface area contributed by atoms with Crippen LogP contribution in [0.1, 0.15) is 156 Å². The highest BCUT2D eigenvalue weighted by atomic mass is 31.2. The van der Waals surface area contributed by atoms with Gasteiger partial charge in [0.1, 0.15) is 11.5 Å². The van der Waals surface area contributed by atoms with E-state index >= 15 is 0 Å². The van der Waals surface area contributed by atoms with Gasteiger partial charge >= 0.3 is 8.60 Å². The molecule has 2 aromatic carbocycles. The smallest absolute Gasteiger partial charge is 0.417 e. The lowest BCUT2D eigenvalue weighted by Crippen LogP contribution is -2.19. The van der Waals surface area contributed by atoms with E-state index in [1.807, 2.05) is 0 Å². The van der Waals surface area contributed by atoms with Crippen LogP contribution in [-0.4, -0.2) is 6.61 Å². The summed E-state index contributed by atoms with van der Waals surface area (Å²) in [7, 11) is -1.66. The van der Waals surface area contributed by atoms with Gasteiger partial charge in [-0.3, -0.25) is 4.52 Å². The third kappa shape index (κ3) is 10.9. The Balaban J connectivity index is 2.49. The van der Waals surface area contributed by atoms with Gasteiger partial charge in [-0.25, -0.2) is 0 Å². The largest absolute Gasteiger partial charge is 0.463 e. The molecule has 0 aliphatic heterocycles. The number of aryl methyl sites for hydroxylation is 1. The minimum absolute atomic E-state index is 0.0508. The summed E-state index contributed by atoms with van der Waals surface area (Å²) in [6.45, 7) is 32.1. The summed E-state index contributed by atoms with van der Waals surface area (Å²) < 4.78 is 20.0. The predicted molar refractivity (Wildman–Crippen MR) is 180 cm³/mol. The molecular weight excluding hydrogens is 523 g/mol. The average Bonchev–Trinajstić information content (AvgIpc) is 2.81. The second-order valence-corrected chi connectivity index (χ2v) is 17.0. The maximum atomic E-state index is 6.81. The first-order valence-electron chi connectivity index (χ1n) is 15.8. The molecule has 0 saturated heterocycles. The number of hydrogen-bond donors (Lipinski definition) is 0. The fourth-order valence-electron chi connectivity index (χ4n) is 4.80. The van der Waals surface area contributed by atoms with E-state index in [4.69, 9.17) is 13.6 Å². The molecule has 232 valence electrons. The van der Waals surface area contributed by atoms with Crippen molar-refractivity contribution in [1.82, 2.24) is 0 Å². The van der Waals surface area contributed by atoms with E-state index in [2.05, 4.69) is 127 Å². The van der Waals surface area contributed by atoms with Crippen molar-refractivity contribution in [2.45, 2.75) is 157 Å². The minimum atomic E-state index is -1.66. The molecule has 2 aromatic rings. The van der Waals surface area contributed by atoms with Crippen LogP contribution in [0.25, 0.3) is 0 Å². The number of hydrogen-bond acceptors (Lipinski definition) is 3. The normalized spacial score (nSPS) is 13.8. The van der Waals surface area contributed by atoms with Gasteiger partial charge in [-0.05, 0) is 57.8 Å². The molecule has 0 saturated carbocycles. The van der Waals surface area contributed by atoms with Crippen LogP contribution in [0.2, 0.25) is 0 Å². The van der Waals surface area contributed by atoms with Crippen LogP contribution in [-0.2, 0) is 26.2 Å². The van der Waals surface area contributed by atoms with E-state index in [0.29, 0.717) is 6.61 Å². The molecule has 0 fully saturated rings. The van der Waals surface area contributed by atoms with Gasteiger partial charge in [-0.1, -0.05) is 146 Å². The molecule has 0 aliphatic rings. The lowest BCUT2D eigenvalue weighted by Gasteiger charge is -2.31. The quantitative estimate of drug-likeness (QED) is 0.183. The Labute approximate surface area is 255 Å². The van der Waals surface area contributed by atoms with Crippen molar-refractivity contribution in [3.8, 4) is 11.5 Å². The molecule has 0 spiro atoms. The fraction of sp³-hybridized carbons (Fsp3) is 0.676. The summed E-state index contributed by atoms with van der Waals surface area (Å²) in [6, 6.07) is 11.2. The van der Waals surface area contributed by atoms with Crippen LogP contribution >= 0.6 is 8.60 Å². The van der Waals surface area contributed by atoms with Gasteiger partial charge in [-0.15, -0.1) is 0 Å². The number of benzene rings is 2. The Kier molecular flexibility index (Phi) is 12.4. The van der Waals surface area contributed by atoms with Crippen LogP contribution < -0.4 is 9.05 Å². The highest BCUT2D eigenvalue weighted by Crippen LogP contribution is 2.49. The Hall–Kier alpha value is -1.57. The number of rotatable bonds is 12. The van der Waals surface area contributed by atoms with Crippen molar-refractivity contribution in [3.63, 3.8) is 0 Å². The van der Waals surface area contributed by atoms with Crippen molar-refractivity contribution in [1.29, 1.82) is 0 Å². The van der Waals surface area contributed by atoms with Crippen LogP contribution in [0, 0.1) is 6.92 Å². The lowest BCUT2D eigenvalue weighted by atomic mass is 9.79. The molecule has 1 atom stereocenters. The molecule has 0 radical (unpaired) electrons. The van der Waals surface area contributed by atoms with Gasteiger partial charge in [-0.2, -0.15) is 0 Å². The number of unbranched alkanes of at least 4 members (excludes halogenated alkanes) is 5. The molecule has 0 aliphatic carbocycles. The van der Waals surface area contributed by atoms with Crippen molar-refractivity contribution >= 4 is 8.60 Å². The molecule has 0 aromatic heterocycles. The Morgan fingerprint density at radius 1 is 0.585 bits per heavy atom. The van der Waals surface area contributed by atoms with Gasteiger partial charge in [0.25, 0.3) is 0 Å². The van der Waals surface area contributed by atoms with E-state index in [1.165, 1.54) is 54.4 Å². The van der Waals surface area contributed by atoms with Crippen molar-refractivity contribution in [3.05, 3.63) is 58.1 Å². The topological polar surface area (TPSA) is 27.7 Å². The van der Waals surface area contributed by atoms with Gasteiger partial charge in [0.2, 0.25) is 0 Å². The summed E-state index contributed by atoms with van der Waals surface area (Å²) in [6.07, 6.45) is 7.29. The summed E-state index contributed by atoms with van der Waals surface area (Å²) in [5.41, 5.74) is 6.05. The molecular formula is C37H61O3P. The first-order chi connectivity index (χ1) is 18.7. The average molecular weight is 585 g/mol. The zero-order valence-electron chi connectivity index (χ0n) is 29.0. The van der Waals surface area contributed by atoms with Crippen molar-refractivity contribution < 1.29 is 13.6 Å². The molecule has 0 heterocycles. The van der Waals surface area contributed by atoms with Crippen molar-refractivity contribution in [2.24, 2.45) is 0 Å². The van der Waals surface area contributed by atoms with Gasteiger partial charge in [0.05, 0.1) is 6.61 Å². The second kappa shape index (κ2) is 14.3. The maximum absolute atomic E-state index is 6.81. The third-order valence-corrected chi connectivity index (χ3v) is 8.71. The highest BCUT2D eigenvalue weighted by molar-refractivity contribution is 7.42. The van der Waals surface area contributed by atoms with Gasteiger partial charge in [0, 0.05) is 11.1 Å². The Morgan fingerprint density at radius 3 is 1.66 bits per heavy atom. The molecule has 0 amide bonds. The lowest BCUT2D eigenvalue weighted by molar-refractivity contribution is 0.255.